The van der Waals surface area contributed by atoms with Gasteiger partial charge in [0.25, 0.3) is 0 Å². The van der Waals surface area contributed by atoms with Gasteiger partial charge in [-0.25, -0.2) is 0 Å². The summed E-state index contributed by atoms with van der Waals surface area (Å²) < 4.78 is 5.82. The highest BCUT2D eigenvalue weighted by Crippen LogP contribution is 2.35. The molecule has 1 aromatic rings. The highest BCUT2D eigenvalue weighted by molar-refractivity contribution is 6.00. The number of benzene rings is 1. The first-order valence-electron chi connectivity index (χ1n) is 5.16. The van der Waals surface area contributed by atoms with Gasteiger partial charge in [-0.1, -0.05) is 6.92 Å². The van der Waals surface area contributed by atoms with E-state index in [0.717, 1.165) is 6.42 Å². The molecule has 2 rings (SSSR count). The summed E-state index contributed by atoms with van der Waals surface area (Å²) in [6.45, 7) is 3.97. The van der Waals surface area contributed by atoms with Crippen molar-refractivity contribution in [1.29, 1.82) is 0 Å². The van der Waals surface area contributed by atoms with E-state index in [-0.39, 0.29) is 11.4 Å². The number of carbonyl (C=O) groups is 1. The fourth-order valence-corrected chi connectivity index (χ4v) is 1.79. The number of carbonyl (C=O) groups excluding carboxylic acids is 1. The molecule has 1 unspecified atom stereocenters. The fraction of sp³-hybridized carbons (Fsp3) is 0.417. The van der Waals surface area contributed by atoms with E-state index in [9.17, 15) is 4.79 Å². The lowest BCUT2D eigenvalue weighted by Crippen LogP contribution is -2.38. The standard InChI is InChI=1S/C12H15NO2/c1-3-12(2)7-10(14)9-5-4-8(13)6-11(9)15-12/h4-6H,3,7,13H2,1-2H3. The molecule has 0 spiro atoms. The Kier molecular flexibility index (Phi) is 2.18. The van der Waals surface area contributed by atoms with Gasteiger partial charge in [-0.3, -0.25) is 4.79 Å². The summed E-state index contributed by atoms with van der Waals surface area (Å²) in [4.78, 5) is 11.9. The van der Waals surface area contributed by atoms with Crippen molar-refractivity contribution in [3.05, 3.63) is 23.8 Å². The van der Waals surface area contributed by atoms with Crippen LogP contribution in [0.5, 0.6) is 5.75 Å². The average molecular weight is 205 g/mol. The van der Waals surface area contributed by atoms with Crippen LogP contribution in [0.2, 0.25) is 0 Å². The van der Waals surface area contributed by atoms with E-state index >= 15 is 0 Å². The van der Waals surface area contributed by atoms with Crippen LogP contribution in [0.15, 0.2) is 18.2 Å². The molecule has 80 valence electrons. The second kappa shape index (κ2) is 3.26. The maximum Gasteiger partial charge on any atom is 0.170 e. The molecular formula is C12H15NO2. The van der Waals surface area contributed by atoms with Crippen molar-refractivity contribution in [2.45, 2.75) is 32.3 Å². The van der Waals surface area contributed by atoms with E-state index in [4.69, 9.17) is 10.5 Å². The Bertz CT molecular complexity index is 414. The minimum Gasteiger partial charge on any atom is -0.486 e. The molecule has 0 radical (unpaired) electrons. The van der Waals surface area contributed by atoms with Crippen molar-refractivity contribution in [2.75, 3.05) is 5.73 Å². The number of anilines is 1. The van der Waals surface area contributed by atoms with Crippen molar-refractivity contribution in [1.82, 2.24) is 0 Å². The van der Waals surface area contributed by atoms with E-state index in [0.29, 0.717) is 23.4 Å². The quantitative estimate of drug-likeness (QED) is 0.716. The van der Waals surface area contributed by atoms with Crippen molar-refractivity contribution < 1.29 is 9.53 Å². The molecule has 1 aliphatic heterocycles. The Morgan fingerprint density at radius 1 is 1.53 bits per heavy atom. The van der Waals surface area contributed by atoms with E-state index in [1.54, 1.807) is 18.2 Å². The largest absolute Gasteiger partial charge is 0.486 e. The van der Waals surface area contributed by atoms with Gasteiger partial charge in [-0.15, -0.1) is 0 Å². The first kappa shape index (κ1) is 10.0. The van der Waals surface area contributed by atoms with E-state index in [2.05, 4.69) is 0 Å². The Balaban J connectivity index is 2.46. The first-order chi connectivity index (χ1) is 7.04. The molecule has 1 aliphatic rings. The second-order valence-corrected chi connectivity index (χ2v) is 4.26. The lowest BCUT2D eigenvalue weighted by molar-refractivity contribution is 0.0500. The molecular weight excluding hydrogens is 190 g/mol. The summed E-state index contributed by atoms with van der Waals surface area (Å²) in [7, 11) is 0. The van der Waals surface area contributed by atoms with Gasteiger partial charge in [-0.2, -0.15) is 0 Å². The molecule has 3 nitrogen and oxygen atoms in total. The van der Waals surface area contributed by atoms with Gasteiger partial charge < -0.3 is 10.5 Å². The van der Waals surface area contributed by atoms with Gasteiger partial charge in [0, 0.05) is 11.8 Å². The SMILES string of the molecule is CCC1(C)CC(=O)c2ccc(N)cc2O1. The van der Waals surface area contributed by atoms with Gasteiger partial charge in [-0.05, 0) is 25.5 Å². The summed E-state index contributed by atoms with van der Waals surface area (Å²) in [6, 6.07) is 5.19. The Labute approximate surface area is 89.2 Å². The number of rotatable bonds is 1. The van der Waals surface area contributed by atoms with Crippen LogP contribution in [-0.4, -0.2) is 11.4 Å². The monoisotopic (exact) mass is 205 g/mol. The second-order valence-electron chi connectivity index (χ2n) is 4.26. The number of nitrogens with two attached hydrogens (primary N) is 1. The van der Waals surface area contributed by atoms with Crippen molar-refractivity contribution in [2.24, 2.45) is 0 Å². The molecule has 0 aromatic heterocycles. The van der Waals surface area contributed by atoms with E-state index in [1.165, 1.54) is 0 Å². The third-order valence-corrected chi connectivity index (χ3v) is 2.94. The zero-order chi connectivity index (χ0) is 11.1. The van der Waals surface area contributed by atoms with Gasteiger partial charge in [0.1, 0.15) is 11.4 Å². The maximum atomic E-state index is 11.9. The number of nitrogen functional groups attached to an aromatic ring is 1. The van der Waals surface area contributed by atoms with Crippen molar-refractivity contribution in [3.63, 3.8) is 0 Å². The molecule has 0 aliphatic carbocycles. The van der Waals surface area contributed by atoms with Crippen LogP contribution in [0.4, 0.5) is 5.69 Å². The highest BCUT2D eigenvalue weighted by Gasteiger charge is 2.34. The van der Waals surface area contributed by atoms with Gasteiger partial charge in [0.05, 0.1) is 12.0 Å². The number of ether oxygens (including phenoxy) is 1. The Morgan fingerprint density at radius 3 is 2.93 bits per heavy atom. The lowest BCUT2D eigenvalue weighted by atomic mass is 9.89. The van der Waals surface area contributed by atoms with Crippen LogP contribution in [0.3, 0.4) is 0 Å². The zero-order valence-corrected chi connectivity index (χ0v) is 9.04. The number of fused-ring (bicyclic) bond motifs is 1. The predicted molar refractivity (Wildman–Crippen MR) is 59.1 cm³/mol. The lowest BCUT2D eigenvalue weighted by Gasteiger charge is -2.34. The topological polar surface area (TPSA) is 52.3 Å². The first-order valence-corrected chi connectivity index (χ1v) is 5.16. The molecule has 0 saturated heterocycles. The Morgan fingerprint density at radius 2 is 2.27 bits per heavy atom. The smallest absolute Gasteiger partial charge is 0.170 e. The molecule has 3 heteroatoms. The van der Waals surface area contributed by atoms with Gasteiger partial charge in [0.2, 0.25) is 0 Å². The van der Waals surface area contributed by atoms with Crippen molar-refractivity contribution >= 4 is 11.5 Å². The molecule has 0 bridgehead atoms. The Hall–Kier alpha value is -1.51. The predicted octanol–water partition coefficient (Wildman–Crippen LogP) is 2.40. The molecule has 0 saturated carbocycles. The van der Waals surface area contributed by atoms with Crippen LogP contribution in [-0.2, 0) is 0 Å². The number of ketones is 1. The van der Waals surface area contributed by atoms with Crippen LogP contribution >= 0.6 is 0 Å². The summed E-state index contributed by atoms with van der Waals surface area (Å²) in [5, 5.41) is 0. The van der Waals surface area contributed by atoms with Crippen LogP contribution in [0.25, 0.3) is 0 Å². The third-order valence-electron chi connectivity index (χ3n) is 2.94. The fourth-order valence-electron chi connectivity index (χ4n) is 1.79. The normalized spacial score (nSPS) is 24.5. The molecule has 2 N–H and O–H groups in total. The maximum absolute atomic E-state index is 11.9. The third kappa shape index (κ3) is 1.69. The number of Topliss-reactive ketones (excluding diaryl/α,β-unsaturated/α-hetero) is 1. The van der Waals surface area contributed by atoms with Crippen LogP contribution < -0.4 is 10.5 Å². The van der Waals surface area contributed by atoms with Gasteiger partial charge >= 0.3 is 0 Å². The summed E-state index contributed by atoms with van der Waals surface area (Å²) >= 11 is 0. The van der Waals surface area contributed by atoms with Crippen LogP contribution in [0.1, 0.15) is 37.0 Å². The molecule has 1 atom stereocenters. The van der Waals surface area contributed by atoms with Crippen LogP contribution in [0, 0.1) is 0 Å². The molecule has 0 amide bonds. The molecule has 1 heterocycles. The minimum atomic E-state index is -0.377. The van der Waals surface area contributed by atoms with Crippen molar-refractivity contribution in [3.8, 4) is 5.75 Å². The minimum absolute atomic E-state index is 0.139. The van der Waals surface area contributed by atoms with E-state index < -0.39 is 0 Å². The average Bonchev–Trinajstić information content (AvgIpc) is 2.16. The number of hydrogen-bond donors (Lipinski definition) is 1. The summed E-state index contributed by atoms with van der Waals surface area (Å²) in [5.41, 5.74) is 6.56. The van der Waals surface area contributed by atoms with Gasteiger partial charge in [0.15, 0.2) is 5.78 Å². The molecule has 0 fully saturated rings. The highest BCUT2D eigenvalue weighted by atomic mass is 16.5. The summed E-state index contributed by atoms with van der Waals surface area (Å²) in [5.74, 6) is 0.760. The molecule has 1 aromatic carbocycles. The van der Waals surface area contributed by atoms with E-state index in [1.807, 2.05) is 13.8 Å². The summed E-state index contributed by atoms with van der Waals surface area (Å²) in [6.07, 6.45) is 1.26. The number of hydrogen-bond acceptors (Lipinski definition) is 3. The zero-order valence-electron chi connectivity index (χ0n) is 9.04. The molecule has 15 heavy (non-hydrogen) atoms.